The van der Waals surface area contributed by atoms with Gasteiger partial charge in [0.1, 0.15) is 0 Å². The van der Waals surface area contributed by atoms with E-state index in [-0.39, 0.29) is 11.3 Å². The van der Waals surface area contributed by atoms with E-state index in [1.807, 2.05) is 0 Å². The molecule has 0 unspecified atom stereocenters. The van der Waals surface area contributed by atoms with E-state index in [2.05, 4.69) is 0 Å². The number of amides is 2. The molecule has 0 radical (unpaired) electrons. The van der Waals surface area contributed by atoms with Gasteiger partial charge in [-0.25, -0.2) is 4.90 Å². The Morgan fingerprint density at radius 1 is 0.900 bits per heavy atom. The number of hydrogen-bond donors (Lipinski definition) is 0. The first-order valence-electron chi connectivity index (χ1n) is 5.89. The van der Waals surface area contributed by atoms with Crippen LogP contribution >= 0.6 is 0 Å². The smallest absolute Gasteiger partial charge is 0.266 e. The van der Waals surface area contributed by atoms with E-state index in [1.165, 1.54) is 24.3 Å². The lowest BCUT2D eigenvalue weighted by molar-refractivity contribution is -0.255. The largest absolute Gasteiger partial charge is 0.545 e. The fraction of sp³-hybridized carbons (Fsp3) is 0. The standard InChI is InChI=1S/C15H9NO4/c17-13-11-6-1-2-7-12(11)14(18)16(13)10-5-3-4-9(8-10)15(19)20/h1-8H,(H,19,20)/p-1. The highest BCUT2D eigenvalue weighted by Gasteiger charge is 2.36. The molecule has 0 bridgehead atoms. The summed E-state index contributed by atoms with van der Waals surface area (Å²) >= 11 is 0. The van der Waals surface area contributed by atoms with Crippen molar-refractivity contribution in [3.8, 4) is 0 Å². The molecule has 2 aromatic carbocycles. The molecule has 5 heteroatoms. The topological polar surface area (TPSA) is 77.5 Å². The third-order valence-electron chi connectivity index (χ3n) is 3.13. The lowest BCUT2D eigenvalue weighted by Crippen LogP contribution is -2.30. The fourth-order valence-corrected chi connectivity index (χ4v) is 2.20. The maximum Gasteiger partial charge on any atom is 0.266 e. The normalized spacial score (nSPS) is 13.5. The summed E-state index contributed by atoms with van der Waals surface area (Å²) in [6.45, 7) is 0. The second-order valence-electron chi connectivity index (χ2n) is 4.33. The van der Waals surface area contributed by atoms with Gasteiger partial charge in [0.05, 0.1) is 22.8 Å². The zero-order chi connectivity index (χ0) is 14.3. The van der Waals surface area contributed by atoms with Gasteiger partial charge in [-0.1, -0.05) is 24.3 Å². The predicted molar refractivity (Wildman–Crippen MR) is 68.4 cm³/mol. The molecule has 2 aromatic rings. The van der Waals surface area contributed by atoms with Gasteiger partial charge in [-0.05, 0) is 29.8 Å². The van der Waals surface area contributed by atoms with Crippen LogP contribution in [0.2, 0.25) is 0 Å². The average molecular weight is 266 g/mol. The van der Waals surface area contributed by atoms with E-state index in [0.29, 0.717) is 11.1 Å². The van der Waals surface area contributed by atoms with Crippen molar-refractivity contribution in [2.75, 3.05) is 4.90 Å². The molecule has 0 saturated carbocycles. The minimum absolute atomic E-state index is 0.0842. The first-order chi connectivity index (χ1) is 9.59. The van der Waals surface area contributed by atoms with Gasteiger partial charge in [-0.2, -0.15) is 0 Å². The maximum atomic E-state index is 12.2. The Kier molecular flexibility index (Phi) is 2.61. The number of rotatable bonds is 2. The number of carboxylic acid groups (broad SMARTS) is 1. The van der Waals surface area contributed by atoms with Crippen molar-refractivity contribution in [3.05, 3.63) is 65.2 Å². The molecule has 1 aliphatic heterocycles. The molecule has 5 nitrogen and oxygen atoms in total. The number of aromatic carboxylic acids is 1. The van der Waals surface area contributed by atoms with E-state index in [4.69, 9.17) is 0 Å². The van der Waals surface area contributed by atoms with Crippen LogP contribution in [0, 0.1) is 0 Å². The zero-order valence-electron chi connectivity index (χ0n) is 10.2. The number of fused-ring (bicyclic) bond motifs is 1. The van der Waals surface area contributed by atoms with Crippen LogP contribution in [0.4, 0.5) is 5.69 Å². The van der Waals surface area contributed by atoms with Crippen LogP contribution in [0.25, 0.3) is 0 Å². The third kappa shape index (κ3) is 1.68. The lowest BCUT2D eigenvalue weighted by atomic mass is 10.1. The quantitative estimate of drug-likeness (QED) is 0.755. The van der Waals surface area contributed by atoms with Gasteiger partial charge >= 0.3 is 0 Å². The van der Waals surface area contributed by atoms with Crippen molar-refractivity contribution in [3.63, 3.8) is 0 Å². The number of benzene rings is 2. The van der Waals surface area contributed by atoms with Gasteiger partial charge in [0, 0.05) is 0 Å². The SMILES string of the molecule is O=C([O-])c1cccc(N2C(=O)c3ccccc3C2=O)c1. The number of imide groups is 1. The molecule has 0 saturated heterocycles. The van der Waals surface area contributed by atoms with E-state index >= 15 is 0 Å². The molecule has 1 heterocycles. The number of nitrogens with zero attached hydrogens (tertiary/aromatic N) is 1. The van der Waals surface area contributed by atoms with E-state index in [1.54, 1.807) is 24.3 Å². The molecular formula is C15H8NO4-. The molecule has 2 amide bonds. The highest BCUT2D eigenvalue weighted by atomic mass is 16.4. The molecule has 0 aliphatic carbocycles. The second kappa shape index (κ2) is 4.31. The molecule has 98 valence electrons. The van der Waals surface area contributed by atoms with Crippen LogP contribution < -0.4 is 10.0 Å². The molecule has 0 atom stereocenters. The Bertz CT molecular complexity index is 716. The van der Waals surface area contributed by atoms with Crippen molar-refractivity contribution in [1.82, 2.24) is 0 Å². The monoisotopic (exact) mass is 266 g/mol. The van der Waals surface area contributed by atoms with Crippen LogP contribution in [0.15, 0.2) is 48.5 Å². The predicted octanol–water partition coefficient (Wildman–Crippen LogP) is 0.851. The van der Waals surface area contributed by atoms with Gasteiger partial charge in [0.25, 0.3) is 11.8 Å². The van der Waals surface area contributed by atoms with Crippen molar-refractivity contribution in [1.29, 1.82) is 0 Å². The van der Waals surface area contributed by atoms with Gasteiger partial charge < -0.3 is 9.90 Å². The Balaban J connectivity index is 2.09. The van der Waals surface area contributed by atoms with Gasteiger partial charge in [-0.3, -0.25) is 9.59 Å². The van der Waals surface area contributed by atoms with E-state index < -0.39 is 17.8 Å². The summed E-state index contributed by atoms with van der Waals surface area (Å²) in [6.07, 6.45) is 0. The summed E-state index contributed by atoms with van der Waals surface area (Å²) < 4.78 is 0. The highest BCUT2D eigenvalue weighted by Crippen LogP contribution is 2.28. The number of hydrogen-bond acceptors (Lipinski definition) is 4. The number of anilines is 1. The van der Waals surface area contributed by atoms with Crippen LogP contribution in [0.5, 0.6) is 0 Å². The molecule has 0 fully saturated rings. The number of carboxylic acids is 1. The first-order valence-corrected chi connectivity index (χ1v) is 5.89. The van der Waals surface area contributed by atoms with Gasteiger partial charge in [0.15, 0.2) is 0 Å². The minimum atomic E-state index is -1.36. The first kappa shape index (κ1) is 12.1. The van der Waals surface area contributed by atoms with E-state index in [0.717, 1.165) is 4.90 Å². The molecule has 20 heavy (non-hydrogen) atoms. The Morgan fingerprint density at radius 2 is 1.50 bits per heavy atom. The van der Waals surface area contributed by atoms with Crippen molar-refractivity contribution in [2.24, 2.45) is 0 Å². The van der Waals surface area contributed by atoms with Crippen molar-refractivity contribution >= 4 is 23.5 Å². The van der Waals surface area contributed by atoms with Crippen molar-refractivity contribution < 1.29 is 19.5 Å². The molecule has 0 N–H and O–H groups in total. The summed E-state index contributed by atoms with van der Waals surface area (Å²) in [5, 5.41) is 10.8. The molecular weight excluding hydrogens is 258 g/mol. The highest BCUT2D eigenvalue weighted by molar-refractivity contribution is 6.34. The number of carbonyl (C=O) groups excluding carboxylic acids is 3. The lowest BCUT2D eigenvalue weighted by Gasteiger charge is -2.15. The summed E-state index contributed by atoms with van der Waals surface area (Å²) in [7, 11) is 0. The second-order valence-corrected chi connectivity index (χ2v) is 4.33. The van der Waals surface area contributed by atoms with Gasteiger partial charge in [-0.15, -0.1) is 0 Å². The summed E-state index contributed by atoms with van der Waals surface area (Å²) in [6, 6.07) is 12.0. The maximum absolute atomic E-state index is 12.2. The summed E-state index contributed by atoms with van der Waals surface area (Å²) in [5.74, 6) is -2.27. The summed E-state index contributed by atoms with van der Waals surface area (Å²) in [4.78, 5) is 36.3. The Morgan fingerprint density at radius 3 is 2.05 bits per heavy atom. The Hall–Kier alpha value is -2.95. The Labute approximate surface area is 114 Å². The van der Waals surface area contributed by atoms with Crippen LogP contribution in [-0.4, -0.2) is 17.8 Å². The van der Waals surface area contributed by atoms with Crippen LogP contribution in [0.1, 0.15) is 31.1 Å². The van der Waals surface area contributed by atoms with Crippen LogP contribution in [-0.2, 0) is 0 Å². The minimum Gasteiger partial charge on any atom is -0.545 e. The molecule has 0 aromatic heterocycles. The number of carbonyl (C=O) groups is 3. The van der Waals surface area contributed by atoms with E-state index in [9.17, 15) is 19.5 Å². The third-order valence-corrected chi connectivity index (χ3v) is 3.13. The molecule has 3 rings (SSSR count). The molecule has 1 aliphatic rings. The van der Waals surface area contributed by atoms with Crippen molar-refractivity contribution in [2.45, 2.75) is 0 Å². The average Bonchev–Trinajstić information content (AvgIpc) is 2.72. The fourth-order valence-electron chi connectivity index (χ4n) is 2.20. The zero-order valence-corrected chi connectivity index (χ0v) is 10.2. The van der Waals surface area contributed by atoms with Crippen LogP contribution in [0.3, 0.4) is 0 Å². The molecule has 0 spiro atoms. The van der Waals surface area contributed by atoms with Gasteiger partial charge in [0.2, 0.25) is 0 Å². The summed E-state index contributed by atoms with van der Waals surface area (Å²) in [5.41, 5.74) is 0.768.